The second-order valence-corrected chi connectivity index (χ2v) is 5.02. The molecule has 2 aromatic carbocycles. The fraction of sp³-hybridized carbons (Fsp3) is 0. The van der Waals surface area contributed by atoms with E-state index >= 15 is 0 Å². The highest BCUT2D eigenvalue weighted by Gasteiger charge is 2.16. The Morgan fingerprint density at radius 3 is 2.73 bits per heavy atom. The summed E-state index contributed by atoms with van der Waals surface area (Å²) < 4.78 is 5.27. The highest BCUT2D eigenvalue weighted by Crippen LogP contribution is 2.34. The quantitative estimate of drug-likeness (QED) is 0.694. The Labute approximate surface area is 125 Å². The van der Waals surface area contributed by atoms with Gasteiger partial charge < -0.3 is 9.52 Å². The molecule has 3 aromatic rings. The highest BCUT2D eigenvalue weighted by atomic mass is 16.4. The Morgan fingerprint density at radius 2 is 1.82 bits per heavy atom. The van der Waals surface area contributed by atoms with Crippen LogP contribution < -0.4 is 5.63 Å². The van der Waals surface area contributed by atoms with Crippen molar-refractivity contribution >= 4 is 34.5 Å². The first kappa shape index (κ1) is 12.6. The van der Waals surface area contributed by atoms with Crippen LogP contribution in [0.3, 0.4) is 0 Å². The standard InChI is InChI=1S/C18H11NO3/c20-17-13-6-2-4-8-16(13)22-18(21)14(17)9-11-10-19-15-7-3-1-5-12(11)15/h1-10,20H/b11-9+. The minimum absolute atomic E-state index is 0.0721. The summed E-state index contributed by atoms with van der Waals surface area (Å²) in [5, 5.41) is 10.9. The molecule has 0 unspecified atom stereocenters. The van der Waals surface area contributed by atoms with E-state index in [4.69, 9.17) is 4.42 Å². The number of fused-ring (bicyclic) bond motifs is 2. The van der Waals surface area contributed by atoms with Gasteiger partial charge in [-0.05, 0) is 24.3 Å². The molecule has 0 aliphatic carbocycles. The van der Waals surface area contributed by atoms with Crippen LogP contribution in [0.2, 0.25) is 0 Å². The lowest BCUT2D eigenvalue weighted by Gasteiger charge is -2.04. The first-order valence-corrected chi connectivity index (χ1v) is 6.84. The molecule has 0 amide bonds. The van der Waals surface area contributed by atoms with E-state index in [1.807, 2.05) is 24.3 Å². The van der Waals surface area contributed by atoms with Gasteiger partial charge >= 0.3 is 5.63 Å². The zero-order valence-corrected chi connectivity index (χ0v) is 11.5. The fourth-order valence-electron chi connectivity index (χ4n) is 2.58. The Hall–Kier alpha value is -3.14. The van der Waals surface area contributed by atoms with Crippen LogP contribution in [0.25, 0.3) is 22.6 Å². The molecule has 4 heteroatoms. The molecule has 4 rings (SSSR count). The van der Waals surface area contributed by atoms with Gasteiger partial charge in [0.25, 0.3) is 0 Å². The molecule has 1 aliphatic rings. The molecule has 0 saturated heterocycles. The first-order chi connectivity index (χ1) is 10.7. The minimum Gasteiger partial charge on any atom is -0.506 e. The molecular weight excluding hydrogens is 278 g/mol. The monoisotopic (exact) mass is 289 g/mol. The first-order valence-electron chi connectivity index (χ1n) is 6.84. The third-order valence-electron chi connectivity index (χ3n) is 3.68. The minimum atomic E-state index is -0.568. The summed E-state index contributed by atoms with van der Waals surface area (Å²) in [6, 6.07) is 14.5. The predicted octanol–water partition coefficient (Wildman–Crippen LogP) is 3.76. The average Bonchev–Trinajstić information content (AvgIpc) is 2.95. The van der Waals surface area contributed by atoms with E-state index in [1.54, 1.807) is 36.6 Å². The number of para-hydroxylation sites is 2. The van der Waals surface area contributed by atoms with Gasteiger partial charge in [-0.15, -0.1) is 0 Å². The Kier molecular flexibility index (Phi) is 2.69. The number of hydrogen-bond acceptors (Lipinski definition) is 4. The SMILES string of the molecule is O=c1oc2ccccc2c(O)c1/C=C1\C=Nc2ccccc21. The molecule has 0 bridgehead atoms. The topological polar surface area (TPSA) is 62.8 Å². The van der Waals surface area contributed by atoms with E-state index in [9.17, 15) is 9.90 Å². The van der Waals surface area contributed by atoms with E-state index in [0.717, 1.165) is 16.8 Å². The van der Waals surface area contributed by atoms with Crippen LogP contribution in [0, 0.1) is 0 Å². The zero-order valence-electron chi connectivity index (χ0n) is 11.5. The molecule has 0 radical (unpaired) electrons. The molecule has 1 N–H and O–H groups in total. The van der Waals surface area contributed by atoms with Gasteiger partial charge in [-0.3, -0.25) is 4.99 Å². The second kappa shape index (κ2) is 4.70. The zero-order chi connectivity index (χ0) is 15.1. The van der Waals surface area contributed by atoms with Crippen molar-refractivity contribution in [3.8, 4) is 5.75 Å². The maximum atomic E-state index is 12.1. The van der Waals surface area contributed by atoms with Gasteiger partial charge in [-0.2, -0.15) is 0 Å². The Balaban J connectivity index is 1.95. The van der Waals surface area contributed by atoms with Crippen LogP contribution >= 0.6 is 0 Å². The smallest absolute Gasteiger partial charge is 0.347 e. The largest absolute Gasteiger partial charge is 0.506 e. The number of hydrogen-bond donors (Lipinski definition) is 1. The molecule has 106 valence electrons. The van der Waals surface area contributed by atoms with E-state index in [1.165, 1.54) is 0 Å². The Morgan fingerprint density at radius 1 is 1.05 bits per heavy atom. The molecule has 0 fully saturated rings. The predicted molar refractivity (Wildman–Crippen MR) is 86.6 cm³/mol. The third kappa shape index (κ3) is 1.85. The van der Waals surface area contributed by atoms with Gasteiger partial charge in [0.05, 0.1) is 11.1 Å². The van der Waals surface area contributed by atoms with E-state index < -0.39 is 5.63 Å². The van der Waals surface area contributed by atoms with Crippen LogP contribution in [-0.4, -0.2) is 11.3 Å². The summed E-state index contributed by atoms with van der Waals surface area (Å²) in [6.45, 7) is 0. The molecule has 22 heavy (non-hydrogen) atoms. The summed E-state index contributed by atoms with van der Waals surface area (Å²) >= 11 is 0. The van der Waals surface area contributed by atoms with Gasteiger partial charge in [0.2, 0.25) is 0 Å². The van der Waals surface area contributed by atoms with Crippen molar-refractivity contribution in [2.45, 2.75) is 0 Å². The third-order valence-corrected chi connectivity index (χ3v) is 3.68. The summed E-state index contributed by atoms with van der Waals surface area (Å²) in [4.78, 5) is 16.4. The number of benzene rings is 2. The van der Waals surface area contributed by atoms with Crippen molar-refractivity contribution in [3.05, 3.63) is 70.1 Å². The van der Waals surface area contributed by atoms with E-state index in [2.05, 4.69) is 4.99 Å². The van der Waals surface area contributed by atoms with Crippen LogP contribution in [0.5, 0.6) is 5.75 Å². The normalized spacial score (nSPS) is 14.6. The molecule has 0 saturated carbocycles. The molecule has 1 aromatic heterocycles. The summed E-state index contributed by atoms with van der Waals surface area (Å²) in [7, 11) is 0. The van der Waals surface area contributed by atoms with Crippen LogP contribution in [0.4, 0.5) is 5.69 Å². The fourth-order valence-corrected chi connectivity index (χ4v) is 2.58. The van der Waals surface area contributed by atoms with Crippen molar-refractivity contribution in [2.75, 3.05) is 0 Å². The van der Waals surface area contributed by atoms with E-state index in [-0.39, 0.29) is 11.3 Å². The van der Waals surface area contributed by atoms with Crippen molar-refractivity contribution in [1.82, 2.24) is 0 Å². The van der Waals surface area contributed by atoms with Crippen molar-refractivity contribution < 1.29 is 9.52 Å². The van der Waals surface area contributed by atoms with Gasteiger partial charge in [-0.1, -0.05) is 30.3 Å². The van der Waals surface area contributed by atoms with Gasteiger partial charge in [0.15, 0.2) is 0 Å². The van der Waals surface area contributed by atoms with Gasteiger partial charge in [0, 0.05) is 17.4 Å². The number of aromatic hydroxyl groups is 1. The lowest BCUT2D eigenvalue weighted by atomic mass is 10.0. The number of allylic oxidation sites excluding steroid dienone is 1. The van der Waals surface area contributed by atoms with Crippen molar-refractivity contribution in [3.63, 3.8) is 0 Å². The molecule has 2 heterocycles. The maximum Gasteiger partial charge on any atom is 0.347 e. The number of rotatable bonds is 1. The number of nitrogens with zero attached hydrogens (tertiary/aromatic N) is 1. The number of aliphatic imine (C=N–C) groups is 1. The van der Waals surface area contributed by atoms with Crippen molar-refractivity contribution in [2.24, 2.45) is 4.99 Å². The Bertz CT molecular complexity index is 1010. The molecule has 0 spiro atoms. The lowest BCUT2D eigenvalue weighted by molar-refractivity contribution is 0.466. The van der Waals surface area contributed by atoms with Gasteiger partial charge in [0.1, 0.15) is 16.9 Å². The summed E-state index contributed by atoms with van der Waals surface area (Å²) in [5.41, 5.74) is 2.48. The van der Waals surface area contributed by atoms with Crippen LogP contribution in [0.15, 0.2) is 62.7 Å². The van der Waals surface area contributed by atoms with Crippen molar-refractivity contribution in [1.29, 1.82) is 0 Å². The van der Waals surface area contributed by atoms with Crippen LogP contribution in [0.1, 0.15) is 11.1 Å². The van der Waals surface area contributed by atoms with E-state index in [0.29, 0.717) is 11.0 Å². The average molecular weight is 289 g/mol. The van der Waals surface area contributed by atoms with Gasteiger partial charge in [-0.25, -0.2) is 4.79 Å². The highest BCUT2D eigenvalue weighted by molar-refractivity contribution is 6.21. The second-order valence-electron chi connectivity index (χ2n) is 5.02. The lowest BCUT2D eigenvalue weighted by Crippen LogP contribution is -2.04. The van der Waals surface area contributed by atoms with Crippen LogP contribution in [-0.2, 0) is 0 Å². The molecule has 0 atom stereocenters. The maximum absolute atomic E-state index is 12.1. The summed E-state index contributed by atoms with van der Waals surface area (Å²) in [6.07, 6.45) is 3.29. The molecule has 1 aliphatic heterocycles. The molecular formula is C18H11NO3. The summed E-state index contributed by atoms with van der Waals surface area (Å²) in [5.74, 6) is -0.0721. The molecule has 4 nitrogen and oxygen atoms in total.